The van der Waals surface area contributed by atoms with E-state index in [9.17, 15) is 0 Å². The molecule has 0 aliphatic carbocycles. The second-order valence-corrected chi connectivity index (χ2v) is 20.7. The molecule has 2 heteroatoms. The molecule has 2 aromatic rings. The first-order chi connectivity index (χ1) is 11.6. The fraction of sp³-hybridized carbons (Fsp3) is 0.636. The molecule has 0 saturated carbocycles. The van der Waals surface area contributed by atoms with E-state index >= 15 is 0 Å². The second kappa shape index (κ2) is 9.31. The summed E-state index contributed by atoms with van der Waals surface area (Å²) in [5.74, 6) is 0. The molecule has 134 valence electrons. The van der Waals surface area contributed by atoms with Gasteiger partial charge in [0.25, 0.3) is 0 Å². The molecule has 0 saturated heterocycles. The van der Waals surface area contributed by atoms with Crippen molar-refractivity contribution >= 4 is 33.1 Å². The predicted octanol–water partition coefficient (Wildman–Crippen LogP) is 7.11. The summed E-state index contributed by atoms with van der Waals surface area (Å²) >= 11 is -2.42. The van der Waals surface area contributed by atoms with Crippen LogP contribution in [0, 0.1) is 13.8 Å². The number of aryl methyl sites for hydroxylation is 2. The Balaban J connectivity index is 2.46. The maximum absolute atomic E-state index is 6.55. The Labute approximate surface area is 153 Å². The molecule has 0 spiro atoms. The van der Waals surface area contributed by atoms with Crippen molar-refractivity contribution in [3.8, 4) is 0 Å². The first-order valence-corrected chi connectivity index (χ1v) is 17.6. The van der Waals surface area contributed by atoms with Crippen LogP contribution < -0.4 is 3.78 Å². The van der Waals surface area contributed by atoms with E-state index in [4.69, 9.17) is 4.42 Å². The number of benzene rings is 1. The average molecular weight is 435 g/mol. The SMILES string of the molecule is CCC[CH2][Sn]([CH2]CCC)([CH2]CCC)[c]1cc2cc(C)c(C)cc2o1. The molecule has 1 nitrogen and oxygen atoms in total. The van der Waals surface area contributed by atoms with Gasteiger partial charge in [0.2, 0.25) is 0 Å². The molecule has 0 bridgehead atoms. The molecule has 0 fully saturated rings. The van der Waals surface area contributed by atoms with E-state index in [2.05, 4.69) is 52.8 Å². The Bertz CT molecular complexity index is 580. The molecule has 0 radical (unpaired) electrons. The number of hydrogen-bond donors (Lipinski definition) is 0. The van der Waals surface area contributed by atoms with Crippen molar-refractivity contribution in [3.63, 3.8) is 0 Å². The molecule has 0 aliphatic rings. The van der Waals surface area contributed by atoms with Gasteiger partial charge < -0.3 is 0 Å². The third-order valence-corrected chi connectivity index (χ3v) is 20.6. The summed E-state index contributed by atoms with van der Waals surface area (Å²) in [6, 6.07) is 7.02. The van der Waals surface area contributed by atoms with Crippen molar-refractivity contribution in [1.82, 2.24) is 0 Å². The van der Waals surface area contributed by atoms with Gasteiger partial charge in [0.05, 0.1) is 0 Å². The van der Waals surface area contributed by atoms with E-state index in [1.807, 2.05) is 0 Å². The Hall–Kier alpha value is -0.441. The molecule has 2 rings (SSSR count). The molecule has 1 aromatic heterocycles. The van der Waals surface area contributed by atoms with E-state index in [1.54, 1.807) is 0 Å². The van der Waals surface area contributed by atoms with Crippen molar-refractivity contribution in [2.75, 3.05) is 0 Å². The summed E-state index contributed by atoms with van der Waals surface area (Å²) in [7, 11) is 0. The summed E-state index contributed by atoms with van der Waals surface area (Å²) in [6.07, 6.45) is 8.11. The molecule has 1 aromatic carbocycles. The summed E-state index contributed by atoms with van der Waals surface area (Å²) in [5, 5.41) is 1.33. The van der Waals surface area contributed by atoms with Gasteiger partial charge in [0.15, 0.2) is 0 Å². The van der Waals surface area contributed by atoms with Crippen LogP contribution in [-0.2, 0) is 0 Å². The first-order valence-electron chi connectivity index (χ1n) is 10.1. The van der Waals surface area contributed by atoms with Gasteiger partial charge in [-0.1, -0.05) is 0 Å². The van der Waals surface area contributed by atoms with E-state index < -0.39 is 18.4 Å². The summed E-state index contributed by atoms with van der Waals surface area (Å²) in [5.41, 5.74) is 3.85. The average Bonchev–Trinajstić information content (AvgIpc) is 2.98. The van der Waals surface area contributed by atoms with Crippen LogP contribution in [0.15, 0.2) is 22.6 Å². The summed E-state index contributed by atoms with van der Waals surface area (Å²) < 4.78 is 12.4. The summed E-state index contributed by atoms with van der Waals surface area (Å²) in [4.78, 5) is 0. The zero-order chi connectivity index (χ0) is 17.6. The number of hydrogen-bond acceptors (Lipinski definition) is 1. The Morgan fingerprint density at radius 3 is 1.75 bits per heavy atom. The maximum atomic E-state index is 6.55. The minimum absolute atomic E-state index is 1.12. The van der Waals surface area contributed by atoms with E-state index in [0.29, 0.717) is 0 Å². The van der Waals surface area contributed by atoms with E-state index in [0.717, 1.165) is 5.58 Å². The quantitative estimate of drug-likeness (QED) is 0.363. The first kappa shape index (κ1) is 19.9. The number of furan rings is 1. The van der Waals surface area contributed by atoms with E-state index in [1.165, 1.54) is 72.1 Å². The van der Waals surface area contributed by atoms with Crippen LogP contribution >= 0.6 is 0 Å². The summed E-state index contributed by atoms with van der Waals surface area (Å²) in [6.45, 7) is 11.4. The third kappa shape index (κ3) is 4.59. The molecule has 1 heterocycles. The molecule has 0 unspecified atom stereocenters. The van der Waals surface area contributed by atoms with Crippen LogP contribution in [0.5, 0.6) is 0 Å². The molecule has 0 amide bonds. The molecule has 0 aliphatic heterocycles. The van der Waals surface area contributed by atoms with Crippen molar-refractivity contribution in [2.45, 2.75) is 86.5 Å². The van der Waals surface area contributed by atoms with Crippen LogP contribution in [-0.4, -0.2) is 18.4 Å². The zero-order valence-electron chi connectivity index (χ0n) is 16.5. The topological polar surface area (TPSA) is 13.1 Å². The molecule has 0 N–H and O–H groups in total. The van der Waals surface area contributed by atoms with Crippen molar-refractivity contribution in [2.24, 2.45) is 0 Å². The minimum atomic E-state index is -2.42. The Morgan fingerprint density at radius 2 is 1.25 bits per heavy atom. The normalized spacial score (nSPS) is 12.2. The van der Waals surface area contributed by atoms with Crippen LogP contribution in [0.3, 0.4) is 0 Å². The van der Waals surface area contributed by atoms with Gasteiger partial charge >= 0.3 is 153 Å². The van der Waals surface area contributed by atoms with Gasteiger partial charge in [0.1, 0.15) is 0 Å². The van der Waals surface area contributed by atoms with Crippen LogP contribution in [0.4, 0.5) is 0 Å². The van der Waals surface area contributed by atoms with Crippen molar-refractivity contribution in [1.29, 1.82) is 0 Å². The standard InChI is InChI=1S/C10H9O.3C4H9.Sn/c1-7-5-9-3-4-11-10(9)6-8(7)2;3*1-3-4-2;/h3,5-6H,1-2H3;3*1,3-4H2,2H3;. The second-order valence-electron chi connectivity index (χ2n) is 7.68. The van der Waals surface area contributed by atoms with Gasteiger partial charge in [-0.25, -0.2) is 0 Å². The molecular formula is C22H36OSn. The Morgan fingerprint density at radius 1 is 0.750 bits per heavy atom. The zero-order valence-corrected chi connectivity index (χ0v) is 19.4. The third-order valence-electron chi connectivity index (χ3n) is 5.68. The number of unbranched alkanes of at least 4 members (excludes halogenated alkanes) is 3. The fourth-order valence-electron chi connectivity index (χ4n) is 3.85. The van der Waals surface area contributed by atoms with Crippen LogP contribution in [0.25, 0.3) is 11.0 Å². The molecule has 24 heavy (non-hydrogen) atoms. The molecular weight excluding hydrogens is 399 g/mol. The van der Waals surface area contributed by atoms with Gasteiger partial charge in [-0.3, -0.25) is 0 Å². The monoisotopic (exact) mass is 436 g/mol. The van der Waals surface area contributed by atoms with Crippen LogP contribution in [0.2, 0.25) is 13.3 Å². The van der Waals surface area contributed by atoms with Gasteiger partial charge in [-0.15, -0.1) is 0 Å². The number of fused-ring (bicyclic) bond motifs is 1. The fourth-order valence-corrected chi connectivity index (χ4v) is 19.2. The predicted molar refractivity (Wildman–Crippen MR) is 110 cm³/mol. The van der Waals surface area contributed by atoms with Gasteiger partial charge in [-0.2, -0.15) is 0 Å². The van der Waals surface area contributed by atoms with Crippen LogP contribution in [0.1, 0.15) is 70.4 Å². The Kier molecular flexibility index (Phi) is 7.71. The van der Waals surface area contributed by atoms with Gasteiger partial charge in [-0.05, 0) is 0 Å². The number of rotatable bonds is 10. The van der Waals surface area contributed by atoms with Crippen molar-refractivity contribution in [3.05, 3.63) is 29.3 Å². The van der Waals surface area contributed by atoms with E-state index in [-0.39, 0.29) is 0 Å². The molecule has 0 atom stereocenters. The van der Waals surface area contributed by atoms with Gasteiger partial charge in [0, 0.05) is 0 Å². The van der Waals surface area contributed by atoms with Crippen molar-refractivity contribution < 1.29 is 4.42 Å².